The topological polar surface area (TPSA) is 12.0 Å². The van der Waals surface area contributed by atoms with Crippen molar-refractivity contribution in [3.05, 3.63) is 33.8 Å². The van der Waals surface area contributed by atoms with Gasteiger partial charge >= 0.3 is 6.18 Å². The van der Waals surface area contributed by atoms with E-state index in [9.17, 15) is 13.2 Å². The van der Waals surface area contributed by atoms with Gasteiger partial charge in [-0.05, 0) is 49.4 Å². The van der Waals surface area contributed by atoms with Crippen molar-refractivity contribution in [3.8, 4) is 0 Å². The van der Waals surface area contributed by atoms with Crippen LogP contribution in [-0.4, -0.2) is 6.54 Å². The van der Waals surface area contributed by atoms with Gasteiger partial charge < -0.3 is 5.32 Å². The molecule has 1 aromatic rings. The molecule has 1 nitrogen and oxygen atoms in total. The van der Waals surface area contributed by atoms with E-state index in [2.05, 4.69) is 21.2 Å². The molecule has 0 saturated heterocycles. The normalized spacial score (nSPS) is 17.9. The average molecular weight is 350 g/mol. The largest absolute Gasteiger partial charge is 0.416 e. The molecule has 2 rings (SSSR count). The van der Waals surface area contributed by atoms with Gasteiger partial charge in [0, 0.05) is 10.5 Å². The van der Waals surface area contributed by atoms with Gasteiger partial charge in [0.05, 0.1) is 5.56 Å². The van der Waals surface area contributed by atoms with Crippen molar-refractivity contribution in [1.29, 1.82) is 0 Å². The minimum absolute atomic E-state index is 0.187. The Morgan fingerprint density at radius 3 is 2.55 bits per heavy atom. The van der Waals surface area contributed by atoms with Crippen LogP contribution in [0.3, 0.4) is 0 Å². The van der Waals surface area contributed by atoms with E-state index in [1.807, 2.05) is 6.92 Å². The Morgan fingerprint density at radius 1 is 1.35 bits per heavy atom. The minimum atomic E-state index is -4.31. The number of nitrogens with one attached hydrogen (secondary N) is 1. The Bertz CT molecular complexity index is 455. The summed E-state index contributed by atoms with van der Waals surface area (Å²) in [4.78, 5) is 0. The second-order valence-electron chi connectivity index (χ2n) is 5.35. The fourth-order valence-electron chi connectivity index (χ4n) is 2.65. The first-order chi connectivity index (χ1) is 9.43. The van der Waals surface area contributed by atoms with E-state index in [0.29, 0.717) is 16.0 Å². The summed E-state index contributed by atoms with van der Waals surface area (Å²) >= 11 is 3.14. The quantitative estimate of drug-likeness (QED) is 0.759. The van der Waals surface area contributed by atoms with Crippen molar-refractivity contribution in [2.24, 2.45) is 5.92 Å². The third-order valence-corrected chi connectivity index (χ3v) is 4.38. The van der Waals surface area contributed by atoms with E-state index < -0.39 is 11.7 Å². The van der Waals surface area contributed by atoms with Crippen LogP contribution < -0.4 is 5.32 Å². The molecule has 0 amide bonds. The molecule has 1 aliphatic rings. The second kappa shape index (κ2) is 6.48. The molecule has 1 aromatic carbocycles. The second-order valence-corrected chi connectivity index (χ2v) is 6.27. The van der Waals surface area contributed by atoms with Gasteiger partial charge in [-0.2, -0.15) is 13.2 Å². The lowest BCUT2D eigenvalue weighted by molar-refractivity contribution is -0.138. The maximum atomic E-state index is 13.2. The van der Waals surface area contributed by atoms with Crippen LogP contribution in [0.5, 0.6) is 0 Å². The number of halogens is 4. The molecule has 1 aliphatic carbocycles. The first-order valence-corrected chi connectivity index (χ1v) is 7.82. The molecule has 1 atom stereocenters. The summed E-state index contributed by atoms with van der Waals surface area (Å²) in [6.07, 6.45) is -0.258. The Hall–Kier alpha value is -0.550. The highest BCUT2D eigenvalue weighted by molar-refractivity contribution is 9.10. The summed E-state index contributed by atoms with van der Waals surface area (Å²) in [6, 6.07) is 4.31. The molecule has 1 fully saturated rings. The van der Waals surface area contributed by atoms with Crippen LogP contribution in [-0.2, 0) is 6.18 Å². The monoisotopic (exact) mass is 349 g/mol. The van der Waals surface area contributed by atoms with Gasteiger partial charge in [-0.25, -0.2) is 0 Å². The maximum absolute atomic E-state index is 13.2. The van der Waals surface area contributed by atoms with Crippen molar-refractivity contribution < 1.29 is 13.2 Å². The number of alkyl halides is 3. The zero-order valence-electron chi connectivity index (χ0n) is 11.4. The van der Waals surface area contributed by atoms with Crippen molar-refractivity contribution in [1.82, 2.24) is 5.32 Å². The van der Waals surface area contributed by atoms with Crippen molar-refractivity contribution >= 4 is 15.9 Å². The first-order valence-electron chi connectivity index (χ1n) is 7.03. The van der Waals surface area contributed by atoms with E-state index in [1.165, 1.54) is 6.07 Å². The van der Waals surface area contributed by atoms with Crippen LogP contribution in [0.25, 0.3) is 0 Å². The summed E-state index contributed by atoms with van der Waals surface area (Å²) in [5, 5.41) is 3.30. The molecule has 1 N–H and O–H groups in total. The molecule has 0 radical (unpaired) electrons. The SMILES string of the molecule is CCCNC(c1ccc(Br)cc1C(F)(F)F)C1CCC1. The molecule has 20 heavy (non-hydrogen) atoms. The first kappa shape index (κ1) is 15.8. The van der Waals surface area contributed by atoms with E-state index in [-0.39, 0.29) is 6.04 Å². The van der Waals surface area contributed by atoms with Crippen LogP contribution in [0.2, 0.25) is 0 Å². The third kappa shape index (κ3) is 3.55. The minimum Gasteiger partial charge on any atom is -0.310 e. The van der Waals surface area contributed by atoms with Gasteiger partial charge in [0.2, 0.25) is 0 Å². The van der Waals surface area contributed by atoms with Crippen molar-refractivity contribution in [2.45, 2.75) is 44.8 Å². The molecule has 0 bridgehead atoms. The molecule has 0 aliphatic heterocycles. The van der Waals surface area contributed by atoms with E-state index in [0.717, 1.165) is 32.2 Å². The Morgan fingerprint density at radius 2 is 2.05 bits per heavy atom. The van der Waals surface area contributed by atoms with Crippen LogP contribution in [0.1, 0.15) is 49.8 Å². The lowest BCUT2D eigenvalue weighted by Gasteiger charge is -2.36. The van der Waals surface area contributed by atoms with Crippen LogP contribution >= 0.6 is 15.9 Å². The zero-order valence-corrected chi connectivity index (χ0v) is 13.0. The standard InChI is InChI=1S/C15H19BrF3N/c1-2-8-20-14(10-4-3-5-10)12-7-6-11(16)9-13(12)15(17,18)19/h6-7,9-10,14,20H,2-5,8H2,1H3. The summed E-state index contributed by atoms with van der Waals surface area (Å²) in [6.45, 7) is 2.77. The molecule has 1 unspecified atom stereocenters. The molecule has 0 spiro atoms. The van der Waals surface area contributed by atoms with E-state index >= 15 is 0 Å². The molecule has 0 heterocycles. The van der Waals surface area contributed by atoms with Gasteiger partial charge in [-0.3, -0.25) is 0 Å². The number of benzene rings is 1. The van der Waals surface area contributed by atoms with Crippen LogP contribution in [0.4, 0.5) is 13.2 Å². The lowest BCUT2D eigenvalue weighted by Crippen LogP contribution is -2.34. The van der Waals surface area contributed by atoms with Crippen molar-refractivity contribution in [2.75, 3.05) is 6.54 Å². The van der Waals surface area contributed by atoms with Crippen LogP contribution in [0, 0.1) is 5.92 Å². The maximum Gasteiger partial charge on any atom is 0.416 e. The Labute approximate surface area is 126 Å². The highest BCUT2D eigenvalue weighted by atomic mass is 79.9. The van der Waals surface area contributed by atoms with Crippen molar-refractivity contribution in [3.63, 3.8) is 0 Å². The number of rotatable bonds is 5. The van der Waals surface area contributed by atoms with Gasteiger partial charge in [-0.15, -0.1) is 0 Å². The molecular weight excluding hydrogens is 331 g/mol. The predicted octanol–water partition coefficient (Wildman–Crippen LogP) is 5.31. The molecule has 1 saturated carbocycles. The van der Waals surface area contributed by atoms with Gasteiger partial charge in [-0.1, -0.05) is 35.3 Å². The fourth-order valence-corrected chi connectivity index (χ4v) is 3.01. The fraction of sp³-hybridized carbons (Fsp3) is 0.600. The lowest BCUT2D eigenvalue weighted by atomic mass is 9.76. The molecule has 0 aromatic heterocycles. The Balaban J connectivity index is 2.36. The van der Waals surface area contributed by atoms with E-state index in [1.54, 1.807) is 12.1 Å². The molecular formula is C15H19BrF3N. The number of hydrogen-bond acceptors (Lipinski definition) is 1. The highest BCUT2D eigenvalue weighted by Crippen LogP contribution is 2.43. The van der Waals surface area contributed by atoms with E-state index in [4.69, 9.17) is 0 Å². The van der Waals surface area contributed by atoms with Gasteiger partial charge in [0.25, 0.3) is 0 Å². The highest BCUT2D eigenvalue weighted by Gasteiger charge is 2.38. The average Bonchev–Trinajstić information content (AvgIpc) is 2.31. The third-order valence-electron chi connectivity index (χ3n) is 3.89. The summed E-state index contributed by atoms with van der Waals surface area (Å²) in [7, 11) is 0. The van der Waals surface area contributed by atoms with Gasteiger partial charge in [0.15, 0.2) is 0 Å². The zero-order chi connectivity index (χ0) is 14.8. The Kier molecular flexibility index (Phi) is 5.13. The summed E-state index contributed by atoms with van der Waals surface area (Å²) in [5.41, 5.74) is -0.133. The summed E-state index contributed by atoms with van der Waals surface area (Å²) in [5.74, 6) is 0.323. The molecule has 112 valence electrons. The predicted molar refractivity (Wildman–Crippen MR) is 77.5 cm³/mol. The summed E-state index contributed by atoms with van der Waals surface area (Å²) < 4.78 is 40.2. The number of hydrogen-bond donors (Lipinski definition) is 1. The van der Waals surface area contributed by atoms with Crippen LogP contribution in [0.15, 0.2) is 22.7 Å². The van der Waals surface area contributed by atoms with Gasteiger partial charge in [0.1, 0.15) is 0 Å². The molecule has 5 heteroatoms. The smallest absolute Gasteiger partial charge is 0.310 e.